The van der Waals surface area contributed by atoms with Crippen LogP contribution in [0.3, 0.4) is 0 Å². The Balaban J connectivity index is 2.06. The molecule has 0 unspecified atom stereocenters. The van der Waals surface area contributed by atoms with Gasteiger partial charge in [0.05, 0.1) is 21.6 Å². The highest BCUT2D eigenvalue weighted by Gasteiger charge is 2.12. The van der Waals surface area contributed by atoms with Crippen molar-refractivity contribution in [3.05, 3.63) is 50.1 Å². The number of rotatable bonds is 3. The van der Waals surface area contributed by atoms with Crippen molar-refractivity contribution >= 4 is 33.2 Å². The van der Waals surface area contributed by atoms with E-state index < -0.39 is 5.82 Å². The van der Waals surface area contributed by atoms with Crippen LogP contribution in [0.1, 0.15) is 20.2 Å². The molecule has 0 fully saturated rings. The number of carbonyl (C=O) groups excluding carboxylic acids is 1. The Kier molecular flexibility index (Phi) is 4.08. The summed E-state index contributed by atoms with van der Waals surface area (Å²) in [5.74, 6) is -0.760. The Morgan fingerprint density at radius 2 is 2.33 bits per heavy atom. The molecule has 1 aromatic carbocycles. The van der Waals surface area contributed by atoms with Gasteiger partial charge in [0, 0.05) is 11.1 Å². The van der Waals surface area contributed by atoms with Gasteiger partial charge in [0.15, 0.2) is 0 Å². The predicted octanol–water partition coefficient (Wildman–Crippen LogP) is 3.28. The monoisotopic (exact) mass is 328 g/mol. The fourth-order valence-corrected chi connectivity index (χ4v) is 2.61. The van der Waals surface area contributed by atoms with Crippen molar-refractivity contribution in [2.75, 3.05) is 0 Å². The second-order valence-corrected chi connectivity index (χ2v) is 5.74. The third kappa shape index (κ3) is 2.94. The molecule has 1 amide bonds. The van der Waals surface area contributed by atoms with E-state index in [9.17, 15) is 9.18 Å². The van der Waals surface area contributed by atoms with Crippen molar-refractivity contribution in [2.24, 2.45) is 0 Å². The average molecular weight is 329 g/mol. The van der Waals surface area contributed by atoms with Crippen molar-refractivity contribution in [3.63, 3.8) is 0 Å². The summed E-state index contributed by atoms with van der Waals surface area (Å²) >= 11 is 4.59. The molecule has 1 heterocycles. The van der Waals surface area contributed by atoms with Crippen molar-refractivity contribution in [1.29, 1.82) is 0 Å². The Morgan fingerprint density at radius 1 is 1.56 bits per heavy atom. The number of amides is 1. The van der Waals surface area contributed by atoms with Crippen LogP contribution in [0.25, 0.3) is 0 Å². The number of aryl methyl sites for hydroxylation is 1. The van der Waals surface area contributed by atoms with Gasteiger partial charge in [-0.1, -0.05) is 6.07 Å². The molecule has 1 aromatic heterocycles. The van der Waals surface area contributed by atoms with Crippen molar-refractivity contribution < 1.29 is 9.18 Å². The molecule has 2 aromatic rings. The molecule has 0 atom stereocenters. The van der Waals surface area contributed by atoms with Gasteiger partial charge in [-0.2, -0.15) is 0 Å². The number of carbonyl (C=O) groups is 1. The largest absolute Gasteiger partial charge is 0.347 e. The van der Waals surface area contributed by atoms with Crippen LogP contribution in [0.5, 0.6) is 0 Å². The molecule has 0 bridgehead atoms. The van der Waals surface area contributed by atoms with E-state index in [4.69, 9.17) is 0 Å². The highest BCUT2D eigenvalue weighted by molar-refractivity contribution is 9.10. The number of hydrogen-bond donors (Lipinski definition) is 1. The minimum Gasteiger partial charge on any atom is -0.347 e. The highest BCUT2D eigenvalue weighted by atomic mass is 79.9. The van der Waals surface area contributed by atoms with Crippen molar-refractivity contribution in [3.8, 4) is 0 Å². The zero-order valence-electron chi connectivity index (χ0n) is 9.54. The van der Waals surface area contributed by atoms with E-state index in [2.05, 4.69) is 26.2 Å². The molecule has 18 heavy (non-hydrogen) atoms. The predicted molar refractivity (Wildman–Crippen MR) is 72.1 cm³/mol. The van der Waals surface area contributed by atoms with E-state index in [1.54, 1.807) is 12.3 Å². The number of benzene rings is 1. The first-order chi connectivity index (χ1) is 8.58. The maximum Gasteiger partial charge on any atom is 0.252 e. The zero-order chi connectivity index (χ0) is 13.1. The molecule has 3 nitrogen and oxygen atoms in total. The summed E-state index contributed by atoms with van der Waals surface area (Å²) < 4.78 is 13.5. The Morgan fingerprint density at radius 3 is 3.00 bits per heavy atom. The SMILES string of the molecule is Cc1ncc(CNC(=O)c2cccc(F)c2Br)s1. The van der Waals surface area contributed by atoms with E-state index >= 15 is 0 Å². The number of hydrogen-bond acceptors (Lipinski definition) is 3. The summed E-state index contributed by atoms with van der Waals surface area (Å²) in [7, 11) is 0. The number of aromatic nitrogens is 1. The van der Waals surface area contributed by atoms with Crippen LogP contribution < -0.4 is 5.32 Å². The maximum absolute atomic E-state index is 13.3. The molecular formula is C12H10BrFN2OS. The summed E-state index contributed by atoms with van der Waals surface area (Å²) in [6.45, 7) is 2.30. The van der Waals surface area contributed by atoms with Gasteiger partial charge in [0.1, 0.15) is 5.82 Å². The Labute approximate surface area is 116 Å². The lowest BCUT2D eigenvalue weighted by Gasteiger charge is -2.05. The van der Waals surface area contributed by atoms with Crippen LogP contribution in [0.4, 0.5) is 4.39 Å². The van der Waals surface area contributed by atoms with Gasteiger partial charge in [-0.3, -0.25) is 4.79 Å². The maximum atomic E-state index is 13.3. The van der Waals surface area contributed by atoms with Crippen LogP contribution in [-0.2, 0) is 6.54 Å². The lowest BCUT2D eigenvalue weighted by Crippen LogP contribution is -2.22. The minimum atomic E-state index is -0.448. The zero-order valence-corrected chi connectivity index (χ0v) is 11.9. The molecular weight excluding hydrogens is 319 g/mol. The number of halogens is 2. The van der Waals surface area contributed by atoms with Crippen LogP contribution in [0.15, 0.2) is 28.9 Å². The fourth-order valence-electron chi connectivity index (χ4n) is 1.43. The lowest BCUT2D eigenvalue weighted by atomic mass is 10.2. The quantitative estimate of drug-likeness (QED) is 0.939. The van der Waals surface area contributed by atoms with Crippen molar-refractivity contribution in [1.82, 2.24) is 10.3 Å². The molecule has 0 radical (unpaired) electrons. The fraction of sp³-hybridized carbons (Fsp3) is 0.167. The standard InChI is InChI=1S/C12H10BrFN2OS/c1-7-15-5-8(18-7)6-16-12(17)9-3-2-4-10(14)11(9)13/h2-5H,6H2,1H3,(H,16,17). The van der Waals surface area contributed by atoms with E-state index in [1.807, 2.05) is 6.92 Å². The van der Waals surface area contributed by atoms with Gasteiger partial charge in [-0.15, -0.1) is 11.3 Å². The number of thiazole rings is 1. The summed E-state index contributed by atoms with van der Waals surface area (Å²) in [4.78, 5) is 16.9. The van der Waals surface area contributed by atoms with Gasteiger partial charge in [-0.25, -0.2) is 9.37 Å². The molecule has 6 heteroatoms. The van der Waals surface area contributed by atoms with Crippen LogP contribution in [0.2, 0.25) is 0 Å². The Bertz CT molecular complexity index is 585. The van der Waals surface area contributed by atoms with Gasteiger partial charge in [-0.05, 0) is 35.0 Å². The molecule has 1 N–H and O–H groups in total. The van der Waals surface area contributed by atoms with E-state index in [1.165, 1.54) is 23.5 Å². The molecule has 2 rings (SSSR count). The lowest BCUT2D eigenvalue weighted by molar-refractivity contribution is 0.0950. The molecule has 0 aliphatic heterocycles. The molecule has 0 aliphatic rings. The third-order valence-corrected chi connectivity index (χ3v) is 4.01. The van der Waals surface area contributed by atoms with Crippen LogP contribution in [0, 0.1) is 12.7 Å². The van der Waals surface area contributed by atoms with E-state index in [-0.39, 0.29) is 15.9 Å². The average Bonchev–Trinajstić information content (AvgIpc) is 2.76. The molecule has 0 saturated heterocycles. The van der Waals surface area contributed by atoms with Gasteiger partial charge in [0.2, 0.25) is 0 Å². The van der Waals surface area contributed by atoms with Gasteiger partial charge >= 0.3 is 0 Å². The second kappa shape index (κ2) is 5.58. The van der Waals surface area contributed by atoms with E-state index in [0.717, 1.165) is 9.88 Å². The topological polar surface area (TPSA) is 42.0 Å². The first-order valence-electron chi connectivity index (χ1n) is 5.21. The minimum absolute atomic E-state index is 0.183. The molecule has 94 valence electrons. The Hall–Kier alpha value is -1.27. The summed E-state index contributed by atoms with van der Waals surface area (Å²) in [5.41, 5.74) is 0.288. The van der Waals surface area contributed by atoms with Gasteiger partial charge < -0.3 is 5.32 Å². The number of nitrogens with one attached hydrogen (secondary N) is 1. The molecule has 0 saturated carbocycles. The van der Waals surface area contributed by atoms with Crippen LogP contribution >= 0.6 is 27.3 Å². The van der Waals surface area contributed by atoms with E-state index in [0.29, 0.717) is 6.54 Å². The van der Waals surface area contributed by atoms with Gasteiger partial charge in [0.25, 0.3) is 5.91 Å². The summed E-state index contributed by atoms with van der Waals surface area (Å²) in [5, 5.41) is 3.68. The molecule has 0 spiro atoms. The third-order valence-electron chi connectivity index (χ3n) is 2.29. The first-order valence-corrected chi connectivity index (χ1v) is 6.82. The summed E-state index contributed by atoms with van der Waals surface area (Å²) in [6.07, 6.45) is 1.72. The van der Waals surface area contributed by atoms with Crippen LogP contribution in [-0.4, -0.2) is 10.9 Å². The summed E-state index contributed by atoms with van der Waals surface area (Å²) in [6, 6.07) is 4.37. The first kappa shape index (κ1) is 13.2. The molecule has 0 aliphatic carbocycles. The highest BCUT2D eigenvalue weighted by Crippen LogP contribution is 2.20. The smallest absolute Gasteiger partial charge is 0.252 e. The second-order valence-electron chi connectivity index (χ2n) is 3.63. The number of nitrogens with zero attached hydrogens (tertiary/aromatic N) is 1. The van der Waals surface area contributed by atoms with Crippen molar-refractivity contribution in [2.45, 2.75) is 13.5 Å². The normalized spacial score (nSPS) is 10.4.